The summed E-state index contributed by atoms with van der Waals surface area (Å²) >= 11 is 0. The Hall–Kier alpha value is -2.87. The van der Waals surface area contributed by atoms with Gasteiger partial charge in [-0.15, -0.1) is 0 Å². The van der Waals surface area contributed by atoms with Crippen LogP contribution in [0.4, 0.5) is 0 Å². The maximum absolute atomic E-state index is 13.1. The van der Waals surface area contributed by atoms with Crippen molar-refractivity contribution in [1.82, 2.24) is 24.8 Å². The minimum absolute atomic E-state index is 0.0171. The molecule has 2 aliphatic heterocycles. The molecule has 0 N–H and O–H groups in total. The number of likely N-dealkylation sites (N-methyl/N-ethyl adjacent to an activating group) is 1. The number of amides is 1. The van der Waals surface area contributed by atoms with Crippen LogP contribution in [0.3, 0.4) is 0 Å². The van der Waals surface area contributed by atoms with E-state index in [1.807, 2.05) is 24.1 Å². The predicted octanol–water partition coefficient (Wildman–Crippen LogP) is 3.04. The number of esters is 1. The first-order valence-electron chi connectivity index (χ1n) is 12.0. The molecule has 1 aliphatic carbocycles. The molecule has 1 saturated heterocycles. The lowest BCUT2D eigenvalue weighted by Crippen LogP contribution is -2.43. The normalized spacial score (nSPS) is 25.0. The minimum Gasteiger partial charge on any atom is -0.449 e. The molecule has 174 valence electrons. The number of piperidine rings is 1. The maximum Gasteiger partial charge on any atom is 0.358 e. The number of ether oxygens (including phenoxy) is 1. The van der Waals surface area contributed by atoms with E-state index in [9.17, 15) is 9.59 Å². The fourth-order valence-electron chi connectivity index (χ4n) is 5.44. The van der Waals surface area contributed by atoms with Crippen molar-refractivity contribution in [2.75, 3.05) is 33.2 Å². The molecule has 2 fully saturated rings. The number of carbonyl (C=O) groups is 2. The first kappa shape index (κ1) is 21.9. The lowest BCUT2D eigenvalue weighted by Gasteiger charge is -2.37. The van der Waals surface area contributed by atoms with Gasteiger partial charge >= 0.3 is 5.97 Å². The molecule has 8 nitrogen and oxygen atoms in total. The highest BCUT2D eigenvalue weighted by molar-refractivity contribution is 5.93. The smallest absolute Gasteiger partial charge is 0.358 e. The number of aromatic nitrogens is 3. The summed E-state index contributed by atoms with van der Waals surface area (Å²) in [7, 11) is 1.92. The Balaban J connectivity index is 1.22. The molecule has 33 heavy (non-hydrogen) atoms. The molecule has 2 aromatic rings. The zero-order chi connectivity index (χ0) is 22.8. The Morgan fingerprint density at radius 3 is 2.67 bits per heavy atom. The number of carbonyl (C=O) groups excluding carboxylic acids is 2. The molecule has 8 heteroatoms. The van der Waals surface area contributed by atoms with Crippen molar-refractivity contribution in [2.45, 2.75) is 50.5 Å². The van der Waals surface area contributed by atoms with E-state index in [0.29, 0.717) is 42.8 Å². The lowest BCUT2D eigenvalue weighted by molar-refractivity contribution is -0.137. The van der Waals surface area contributed by atoms with E-state index in [0.717, 1.165) is 31.7 Å². The number of fused-ring (bicyclic) bond motifs is 2. The summed E-state index contributed by atoms with van der Waals surface area (Å²) in [5, 5.41) is 0. The summed E-state index contributed by atoms with van der Waals surface area (Å²) in [5.74, 6) is -0.196. The number of rotatable bonds is 5. The van der Waals surface area contributed by atoms with Gasteiger partial charge in [0.25, 0.3) is 0 Å². The van der Waals surface area contributed by atoms with E-state index in [-0.39, 0.29) is 17.8 Å². The monoisotopic (exact) mass is 449 g/mol. The van der Waals surface area contributed by atoms with Gasteiger partial charge < -0.3 is 14.5 Å². The highest BCUT2D eigenvalue weighted by Crippen LogP contribution is 2.48. The van der Waals surface area contributed by atoms with Crippen molar-refractivity contribution in [3.63, 3.8) is 0 Å². The van der Waals surface area contributed by atoms with Crippen LogP contribution in [0.5, 0.6) is 0 Å². The van der Waals surface area contributed by atoms with Gasteiger partial charge in [0.2, 0.25) is 5.91 Å². The summed E-state index contributed by atoms with van der Waals surface area (Å²) < 4.78 is 5.90. The molecular formula is C25H31N5O3. The first-order valence-corrected chi connectivity index (χ1v) is 12.0. The van der Waals surface area contributed by atoms with E-state index in [2.05, 4.69) is 19.9 Å². The predicted molar refractivity (Wildman–Crippen MR) is 122 cm³/mol. The molecule has 1 saturated carbocycles. The molecule has 0 radical (unpaired) electrons. The molecule has 4 heterocycles. The SMILES string of the molecule is CN(CCN1CCCCC1)C(=O)[C@H]1CC[C@@]2(CC1)OC(=O)c1nc(-c3cnccn3)ccc12. The van der Waals surface area contributed by atoms with Gasteiger partial charge in [0, 0.05) is 44.0 Å². The number of likely N-dealkylation sites (tertiary alicyclic amines) is 1. The maximum atomic E-state index is 13.1. The van der Waals surface area contributed by atoms with Gasteiger partial charge in [0.15, 0.2) is 5.69 Å². The topological polar surface area (TPSA) is 88.5 Å². The van der Waals surface area contributed by atoms with Gasteiger partial charge in [-0.25, -0.2) is 9.78 Å². The van der Waals surface area contributed by atoms with Crippen LogP contribution in [-0.2, 0) is 15.1 Å². The molecule has 0 aromatic carbocycles. The molecule has 0 atom stereocenters. The fraction of sp³-hybridized carbons (Fsp3) is 0.560. The number of nitrogens with zero attached hydrogens (tertiary/aromatic N) is 5. The van der Waals surface area contributed by atoms with Crippen molar-refractivity contribution in [3.05, 3.63) is 42.0 Å². The molecule has 0 unspecified atom stereocenters. The minimum atomic E-state index is -0.663. The quantitative estimate of drug-likeness (QED) is 0.648. The van der Waals surface area contributed by atoms with Gasteiger partial charge in [-0.2, -0.15) is 0 Å². The summed E-state index contributed by atoms with van der Waals surface area (Å²) in [6.07, 6.45) is 11.4. The molecule has 3 aliphatic rings. The third kappa shape index (κ3) is 4.36. The van der Waals surface area contributed by atoms with Crippen LogP contribution in [-0.4, -0.2) is 69.9 Å². The van der Waals surface area contributed by atoms with E-state index >= 15 is 0 Å². The average molecular weight is 450 g/mol. The fourth-order valence-corrected chi connectivity index (χ4v) is 5.44. The third-order valence-corrected chi connectivity index (χ3v) is 7.41. The largest absolute Gasteiger partial charge is 0.449 e. The van der Waals surface area contributed by atoms with Crippen LogP contribution in [0, 0.1) is 5.92 Å². The molecular weight excluding hydrogens is 418 g/mol. The van der Waals surface area contributed by atoms with Crippen molar-refractivity contribution < 1.29 is 14.3 Å². The summed E-state index contributed by atoms with van der Waals surface area (Å²) in [5.41, 5.74) is 1.76. The zero-order valence-electron chi connectivity index (χ0n) is 19.2. The van der Waals surface area contributed by atoms with Crippen LogP contribution in [0.15, 0.2) is 30.7 Å². The summed E-state index contributed by atoms with van der Waals surface area (Å²) in [6, 6.07) is 3.81. The van der Waals surface area contributed by atoms with Gasteiger partial charge in [-0.3, -0.25) is 14.8 Å². The van der Waals surface area contributed by atoms with Crippen molar-refractivity contribution in [3.8, 4) is 11.4 Å². The van der Waals surface area contributed by atoms with E-state index in [1.54, 1.807) is 18.6 Å². The second-order valence-electron chi connectivity index (χ2n) is 9.50. The van der Waals surface area contributed by atoms with Crippen LogP contribution in [0.2, 0.25) is 0 Å². The van der Waals surface area contributed by atoms with E-state index < -0.39 is 5.60 Å². The molecule has 1 amide bonds. The number of hydrogen-bond donors (Lipinski definition) is 0. The summed E-state index contributed by atoms with van der Waals surface area (Å²) in [4.78, 5) is 43.0. The first-order chi connectivity index (χ1) is 16.1. The number of hydrogen-bond acceptors (Lipinski definition) is 7. The highest BCUT2D eigenvalue weighted by atomic mass is 16.6. The Morgan fingerprint density at radius 1 is 1.15 bits per heavy atom. The third-order valence-electron chi connectivity index (χ3n) is 7.41. The molecule has 5 rings (SSSR count). The van der Waals surface area contributed by atoms with Crippen molar-refractivity contribution >= 4 is 11.9 Å². The average Bonchev–Trinajstić information content (AvgIpc) is 3.14. The van der Waals surface area contributed by atoms with Gasteiger partial charge in [0.05, 0.1) is 11.9 Å². The number of pyridine rings is 1. The van der Waals surface area contributed by atoms with E-state index in [4.69, 9.17) is 4.74 Å². The lowest BCUT2D eigenvalue weighted by atomic mass is 9.75. The standard InChI is InChI=1S/C25H31N5O3/c1-29(15-16-30-13-3-2-4-14-30)23(31)18-7-9-25(10-8-18)19-5-6-20(21-17-26-11-12-27-21)28-22(19)24(32)33-25/h5-6,11-12,17-18H,2-4,7-10,13-16H2,1H3/t18-,25-. The van der Waals surface area contributed by atoms with Gasteiger partial charge in [-0.05, 0) is 57.7 Å². The molecule has 1 spiro atoms. The van der Waals surface area contributed by atoms with Crippen LogP contribution in [0.1, 0.15) is 61.0 Å². The Labute approximate surface area is 194 Å². The molecule has 0 bridgehead atoms. The van der Waals surface area contributed by atoms with Gasteiger partial charge in [0.1, 0.15) is 11.3 Å². The summed E-state index contributed by atoms with van der Waals surface area (Å²) in [6.45, 7) is 4.01. The van der Waals surface area contributed by atoms with Gasteiger partial charge in [-0.1, -0.05) is 12.5 Å². The highest BCUT2D eigenvalue weighted by Gasteiger charge is 2.49. The second-order valence-corrected chi connectivity index (χ2v) is 9.50. The van der Waals surface area contributed by atoms with Crippen molar-refractivity contribution in [2.24, 2.45) is 5.92 Å². The Kier molecular flexibility index (Phi) is 6.10. The van der Waals surface area contributed by atoms with Crippen molar-refractivity contribution in [1.29, 1.82) is 0 Å². The van der Waals surface area contributed by atoms with Crippen LogP contribution in [0.25, 0.3) is 11.4 Å². The zero-order valence-corrected chi connectivity index (χ0v) is 19.2. The molecule has 2 aromatic heterocycles. The second kappa shape index (κ2) is 9.17. The Morgan fingerprint density at radius 2 is 1.94 bits per heavy atom. The van der Waals surface area contributed by atoms with Crippen LogP contribution >= 0.6 is 0 Å². The van der Waals surface area contributed by atoms with E-state index in [1.165, 1.54) is 19.3 Å². The van der Waals surface area contributed by atoms with Crippen LogP contribution < -0.4 is 0 Å². The Bertz CT molecular complexity index is 1010.